The Bertz CT molecular complexity index is 364. The fourth-order valence-electron chi connectivity index (χ4n) is 1.15. The second kappa shape index (κ2) is 3.39. The molecule has 0 aliphatic rings. The molecule has 3 heteroatoms. The van der Waals surface area contributed by atoms with Gasteiger partial charge in [-0.2, -0.15) is 0 Å². The zero-order chi connectivity index (χ0) is 9.10. The van der Waals surface area contributed by atoms with Crippen molar-refractivity contribution in [2.75, 3.05) is 0 Å². The molecule has 0 aliphatic heterocycles. The molecule has 0 fully saturated rings. The number of nitrogens with zero attached hydrogens (tertiary/aromatic N) is 2. The van der Waals surface area contributed by atoms with Gasteiger partial charge in [-0.25, -0.2) is 0 Å². The van der Waals surface area contributed by atoms with Crippen molar-refractivity contribution in [3.63, 3.8) is 0 Å². The van der Waals surface area contributed by atoms with Crippen LogP contribution in [0.4, 0.5) is 0 Å². The van der Waals surface area contributed by atoms with E-state index in [1.807, 2.05) is 0 Å². The third-order valence-corrected chi connectivity index (χ3v) is 1.88. The molecule has 0 saturated carbocycles. The Hall–Kier alpha value is -1.64. The molecule has 0 bridgehead atoms. The average molecular weight is 174 g/mol. The quantitative estimate of drug-likeness (QED) is 0.698. The number of hydrogen-bond donors (Lipinski definition) is 0. The number of aryl methyl sites for hydroxylation is 1. The van der Waals surface area contributed by atoms with Crippen molar-refractivity contribution < 1.29 is 4.42 Å². The fourth-order valence-corrected chi connectivity index (χ4v) is 1.15. The SMILES string of the molecule is Cc1ccc(Cc2nnco2)cc1. The topological polar surface area (TPSA) is 38.9 Å². The van der Waals surface area contributed by atoms with Crippen LogP contribution in [0.2, 0.25) is 0 Å². The largest absolute Gasteiger partial charge is 0.428 e. The highest BCUT2D eigenvalue weighted by atomic mass is 16.4. The Labute approximate surface area is 76.4 Å². The predicted octanol–water partition coefficient (Wildman–Crippen LogP) is 1.97. The summed E-state index contributed by atoms with van der Waals surface area (Å²) in [5.41, 5.74) is 2.45. The molecule has 66 valence electrons. The van der Waals surface area contributed by atoms with Gasteiger partial charge in [-0.3, -0.25) is 0 Å². The summed E-state index contributed by atoms with van der Waals surface area (Å²) in [6, 6.07) is 8.29. The summed E-state index contributed by atoms with van der Waals surface area (Å²) in [7, 11) is 0. The lowest BCUT2D eigenvalue weighted by Crippen LogP contribution is -1.88. The standard InChI is InChI=1S/C10H10N2O/c1-8-2-4-9(5-3-8)6-10-12-11-7-13-10/h2-5,7H,6H2,1H3. The molecular weight excluding hydrogens is 164 g/mol. The van der Waals surface area contributed by atoms with Gasteiger partial charge < -0.3 is 4.42 Å². The first-order valence-electron chi connectivity index (χ1n) is 4.15. The van der Waals surface area contributed by atoms with E-state index >= 15 is 0 Å². The van der Waals surface area contributed by atoms with Crippen LogP contribution in [-0.2, 0) is 6.42 Å². The maximum atomic E-state index is 5.05. The van der Waals surface area contributed by atoms with Gasteiger partial charge in [0.1, 0.15) is 0 Å². The molecule has 0 spiro atoms. The summed E-state index contributed by atoms with van der Waals surface area (Å²) in [5, 5.41) is 7.44. The summed E-state index contributed by atoms with van der Waals surface area (Å²) >= 11 is 0. The summed E-state index contributed by atoms with van der Waals surface area (Å²) in [4.78, 5) is 0. The van der Waals surface area contributed by atoms with Crippen LogP contribution in [0.5, 0.6) is 0 Å². The monoisotopic (exact) mass is 174 g/mol. The van der Waals surface area contributed by atoms with Crippen LogP contribution in [0.15, 0.2) is 35.1 Å². The van der Waals surface area contributed by atoms with Gasteiger partial charge in [-0.15, -0.1) is 10.2 Å². The maximum Gasteiger partial charge on any atom is 0.220 e. The molecular formula is C10H10N2O. The first-order chi connectivity index (χ1) is 6.34. The molecule has 0 amide bonds. The normalized spacial score (nSPS) is 10.2. The minimum absolute atomic E-state index is 0.656. The molecule has 0 saturated heterocycles. The Morgan fingerprint density at radius 3 is 2.62 bits per heavy atom. The van der Waals surface area contributed by atoms with Gasteiger partial charge in [0.05, 0.1) is 6.42 Å². The van der Waals surface area contributed by atoms with Crippen molar-refractivity contribution in [3.8, 4) is 0 Å². The summed E-state index contributed by atoms with van der Waals surface area (Å²) in [5.74, 6) is 0.656. The highest BCUT2D eigenvalue weighted by molar-refractivity contribution is 5.23. The van der Waals surface area contributed by atoms with E-state index < -0.39 is 0 Å². The molecule has 1 aromatic heterocycles. The number of aromatic nitrogens is 2. The van der Waals surface area contributed by atoms with Gasteiger partial charge in [0, 0.05) is 0 Å². The highest BCUT2D eigenvalue weighted by Gasteiger charge is 1.99. The van der Waals surface area contributed by atoms with Gasteiger partial charge in [-0.05, 0) is 12.5 Å². The summed E-state index contributed by atoms with van der Waals surface area (Å²) in [6.07, 6.45) is 2.06. The Morgan fingerprint density at radius 2 is 2.00 bits per heavy atom. The van der Waals surface area contributed by atoms with E-state index in [4.69, 9.17) is 4.42 Å². The van der Waals surface area contributed by atoms with Crippen molar-refractivity contribution in [2.45, 2.75) is 13.3 Å². The van der Waals surface area contributed by atoms with Crippen molar-refractivity contribution in [1.29, 1.82) is 0 Å². The van der Waals surface area contributed by atoms with Crippen LogP contribution < -0.4 is 0 Å². The second-order valence-corrected chi connectivity index (χ2v) is 2.99. The van der Waals surface area contributed by atoms with E-state index in [-0.39, 0.29) is 0 Å². The van der Waals surface area contributed by atoms with Crippen LogP contribution in [0, 0.1) is 6.92 Å². The van der Waals surface area contributed by atoms with Crippen molar-refractivity contribution in [1.82, 2.24) is 10.2 Å². The van der Waals surface area contributed by atoms with E-state index in [9.17, 15) is 0 Å². The maximum absolute atomic E-state index is 5.05. The minimum Gasteiger partial charge on any atom is -0.428 e. The van der Waals surface area contributed by atoms with Crippen LogP contribution >= 0.6 is 0 Å². The van der Waals surface area contributed by atoms with Crippen LogP contribution in [-0.4, -0.2) is 10.2 Å². The Kier molecular flexibility index (Phi) is 2.08. The first kappa shape index (κ1) is 7.98. The van der Waals surface area contributed by atoms with Crippen LogP contribution in [0.3, 0.4) is 0 Å². The molecule has 0 N–H and O–H groups in total. The smallest absolute Gasteiger partial charge is 0.220 e. The average Bonchev–Trinajstić information content (AvgIpc) is 2.62. The lowest BCUT2D eigenvalue weighted by molar-refractivity contribution is 0.505. The molecule has 0 radical (unpaired) electrons. The first-order valence-corrected chi connectivity index (χ1v) is 4.15. The van der Waals surface area contributed by atoms with E-state index in [0.717, 1.165) is 0 Å². The molecule has 2 aromatic rings. The van der Waals surface area contributed by atoms with Crippen molar-refractivity contribution in [2.24, 2.45) is 0 Å². The zero-order valence-corrected chi connectivity index (χ0v) is 7.40. The second-order valence-electron chi connectivity index (χ2n) is 2.99. The minimum atomic E-state index is 0.656. The van der Waals surface area contributed by atoms with Crippen LogP contribution in [0.25, 0.3) is 0 Å². The molecule has 2 rings (SSSR count). The number of benzene rings is 1. The molecule has 13 heavy (non-hydrogen) atoms. The third kappa shape index (κ3) is 1.93. The third-order valence-electron chi connectivity index (χ3n) is 1.88. The van der Waals surface area contributed by atoms with E-state index in [0.29, 0.717) is 12.3 Å². The van der Waals surface area contributed by atoms with E-state index in [2.05, 4.69) is 41.4 Å². The van der Waals surface area contributed by atoms with E-state index in [1.54, 1.807) is 0 Å². The fraction of sp³-hybridized carbons (Fsp3) is 0.200. The van der Waals surface area contributed by atoms with Crippen molar-refractivity contribution in [3.05, 3.63) is 47.7 Å². The molecule has 1 aromatic carbocycles. The van der Waals surface area contributed by atoms with Gasteiger partial charge in [-0.1, -0.05) is 29.8 Å². The van der Waals surface area contributed by atoms with Gasteiger partial charge in [0.2, 0.25) is 12.3 Å². The van der Waals surface area contributed by atoms with Gasteiger partial charge in [0.15, 0.2) is 0 Å². The molecule has 0 unspecified atom stereocenters. The van der Waals surface area contributed by atoms with E-state index in [1.165, 1.54) is 17.5 Å². The number of hydrogen-bond acceptors (Lipinski definition) is 3. The Balaban J connectivity index is 2.15. The number of rotatable bonds is 2. The lowest BCUT2D eigenvalue weighted by Gasteiger charge is -1.96. The lowest BCUT2D eigenvalue weighted by atomic mass is 10.1. The van der Waals surface area contributed by atoms with Gasteiger partial charge in [0.25, 0.3) is 0 Å². The molecule has 0 atom stereocenters. The summed E-state index contributed by atoms with van der Waals surface area (Å²) in [6.45, 7) is 2.07. The molecule has 0 aliphatic carbocycles. The van der Waals surface area contributed by atoms with Crippen molar-refractivity contribution >= 4 is 0 Å². The molecule has 1 heterocycles. The Morgan fingerprint density at radius 1 is 1.23 bits per heavy atom. The molecule has 3 nitrogen and oxygen atoms in total. The highest BCUT2D eigenvalue weighted by Crippen LogP contribution is 2.07. The van der Waals surface area contributed by atoms with Gasteiger partial charge >= 0.3 is 0 Å². The predicted molar refractivity (Wildman–Crippen MR) is 48.3 cm³/mol. The van der Waals surface area contributed by atoms with Crippen LogP contribution in [0.1, 0.15) is 17.0 Å². The zero-order valence-electron chi connectivity index (χ0n) is 7.40. The summed E-state index contributed by atoms with van der Waals surface area (Å²) < 4.78 is 5.05.